The van der Waals surface area contributed by atoms with Crippen molar-refractivity contribution in [2.45, 2.75) is 22.9 Å². The Bertz CT molecular complexity index is 1040. The van der Waals surface area contributed by atoms with Gasteiger partial charge in [-0.15, -0.1) is 0 Å². The molecular formula is C18H11F7N2OS. The monoisotopic (exact) mass is 436 g/mol. The molecule has 0 aliphatic carbocycles. The van der Waals surface area contributed by atoms with E-state index >= 15 is 0 Å². The third-order valence-corrected chi connectivity index (χ3v) is 5.11. The van der Waals surface area contributed by atoms with Gasteiger partial charge in [0.15, 0.2) is 23.3 Å². The van der Waals surface area contributed by atoms with Crippen molar-refractivity contribution in [1.82, 2.24) is 9.78 Å². The molecule has 0 fully saturated rings. The van der Waals surface area contributed by atoms with Crippen LogP contribution in [0.15, 0.2) is 40.1 Å². The highest BCUT2D eigenvalue weighted by Gasteiger charge is 2.42. The molecule has 0 atom stereocenters. The lowest BCUT2D eigenvalue weighted by Gasteiger charge is -2.14. The highest BCUT2D eigenvalue weighted by molar-refractivity contribution is 7.99. The minimum Gasteiger partial charge on any atom is -0.480 e. The van der Waals surface area contributed by atoms with E-state index < -0.39 is 39.9 Å². The first-order chi connectivity index (χ1) is 13.6. The molecule has 11 heteroatoms. The van der Waals surface area contributed by atoms with Crippen LogP contribution < -0.4 is 4.74 Å². The number of methoxy groups -OCH3 is 1. The lowest BCUT2D eigenvalue weighted by Crippen LogP contribution is -2.15. The molecule has 3 aromatic rings. The zero-order valence-corrected chi connectivity index (χ0v) is 15.6. The molecule has 1 aromatic heterocycles. The first-order valence-electron chi connectivity index (χ1n) is 7.88. The number of benzene rings is 2. The Hall–Kier alpha value is -2.69. The van der Waals surface area contributed by atoms with Gasteiger partial charge in [0.2, 0.25) is 5.88 Å². The number of aryl methyl sites for hydroxylation is 1. The van der Waals surface area contributed by atoms with Crippen LogP contribution >= 0.6 is 11.8 Å². The Morgan fingerprint density at radius 2 is 1.45 bits per heavy atom. The van der Waals surface area contributed by atoms with Crippen LogP contribution in [-0.2, 0) is 6.18 Å². The van der Waals surface area contributed by atoms with Gasteiger partial charge in [-0.05, 0) is 19.1 Å². The smallest absolute Gasteiger partial charge is 0.422 e. The summed E-state index contributed by atoms with van der Waals surface area (Å²) in [6, 6.07) is 8.43. The van der Waals surface area contributed by atoms with E-state index in [1.54, 1.807) is 30.3 Å². The summed E-state index contributed by atoms with van der Waals surface area (Å²) in [5.74, 6) is -9.37. The van der Waals surface area contributed by atoms with Crippen LogP contribution in [0.25, 0.3) is 5.69 Å². The lowest BCUT2D eigenvalue weighted by atomic mass is 10.1. The van der Waals surface area contributed by atoms with Crippen LogP contribution in [0.2, 0.25) is 0 Å². The maximum Gasteiger partial charge on any atom is 0.422 e. The number of halogens is 7. The zero-order valence-electron chi connectivity index (χ0n) is 14.7. The second-order valence-corrected chi connectivity index (χ2v) is 6.75. The van der Waals surface area contributed by atoms with Gasteiger partial charge in [0.1, 0.15) is 5.56 Å². The molecule has 3 rings (SSSR count). The number of nitrogens with zero attached hydrogens (tertiary/aromatic N) is 2. The van der Waals surface area contributed by atoms with Crippen molar-refractivity contribution in [3.8, 4) is 11.6 Å². The van der Waals surface area contributed by atoms with Crippen molar-refractivity contribution < 1.29 is 35.5 Å². The van der Waals surface area contributed by atoms with Gasteiger partial charge < -0.3 is 4.74 Å². The molecule has 0 aliphatic rings. The number of alkyl halides is 3. The lowest BCUT2D eigenvalue weighted by molar-refractivity contribution is -0.143. The van der Waals surface area contributed by atoms with Gasteiger partial charge in [-0.1, -0.05) is 30.0 Å². The van der Waals surface area contributed by atoms with E-state index in [-0.39, 0.29) is 28.2 Å². The molecule has 29 heavy (non-hydrogen) atoms. The molecule has 0 spiro atoms. The van der Waals surface area contributed by atoms with Crippen molar-refractivity contribution in [2.24, 2.45) is 0 Å². The van der Waals surface area contributed by atoms with Crippen molar-refractivity contribution >= 4 is 11.8 Å². The number of ether oxygens (including phenoxy) is 1. The summed E-state index contributed by atoms with van der Waals surface area (Å²) in [5.41, 5.74) is -1.93. The maximum absolute atomic E-state index is 14.2. The van der Waals surface area contributed by atoms with Crippen LogP contribution in [0.5, 0.6) is 5.88 Å². The highest BCUT2D eigenvalue weighted by atomic mass is 32.2. The van der Waals surface area contributed by atoms with E-state index in [1.165, 1.54) is 18.7 Å². The summed E-state index contributed by atoms with van der Waals surface area (Å²) in [7, 11) is 1.24. The molecule has 0 N–H and O–H groups in total. The molecule has 2 aromatic carbocycles. The average Bonchev–Trinajstić information content (AvgIpc) is 2.98. The van der Waals surface area contributed by atoms with Gasteiger partial charge in [0.05, 0.1) is 28.3 Å². The predicted molar refractivity (Wildman–Crippen MR) is 90.3 cm³/mol. The van der Waals surface area contributed by atoms with Crippen molar-refractivity contribution in [1.29, 1.82) is 0 Å². The summed E-state index contributed by atoms with van der Waals surface area (Å²) >= 11 is 0.176. The van der Waals surface area contributed by atoms with Crippen LogP contribution in [0, 0.1) is 30.2 Å². The average molecular weight is 436 g/mol. The van der Waals surface area contributed by atoms with Crippen molar-refractivity contribution in [2.75, 3.05) is 7.11 Å². The molecular weight excluding hydrogens is 425 g/mol. The van der Waals surface area contributed by atoms with Gasteiger partial charge >= 0.3 is 6.18 Å². The van der Waals surface area contributed by atoms with Crippen LogP contribution in [0.4, 0.5) is 30.7 Å². The topological polar surface area (TPSA) is 27.1 Å². The van der Waals surface area contributed by atoms with Crippen molar-refractivity contribution in [3.63, 3.8) is 0 Å². The van der Waals surface area contributed by atoms with Crippen LogP contribution in [-0.4, -0.2) is 16.9 Å². The zero-order chi connectivity index (χ0) is 21.5. The third kappa shape index (κ3) is 3.66. The standard InChI is InChI=1S/C18H11F7N2OS/c1-8-15(17(28-2)27(26-8)9-6-4-3-5-7-9)29-16-13(21)11(19)10(18(23,24)25)12(20)14(16)22/h3-7H,1-2H3. The summed E-state index contributed by atoms with van der Waals surface area (Å²) in [6.45, 7) is 1.44. The van der Waals surface area contributed by atoms with Crippen LogP contribution in [0.3, 0.4) is 0 Å². The van der Waals surface area contributed by atoms with Crippen molar-refractivity contribution in [3.05, 3.63) is 64.9 Å². The van der Waals surface area contributed by atoms with E-state index in [4.69, 9.17) is 4.74 Å². The quantitative estimate of drug-likeness (QED) is 0.376. The molecule has 0 unspecified atom stereocenters. The SMILES string of the molecule is COc1c(Sc2c(F)c(F)c(C(F)(F)F)c(F)c2F)c(C)nn1-c1ccccc1. The third-order valence-electron chi connectivity index (χ3n) is 3.87. The summed E-state index contributed by atoms with van der Waals surface area (Å²) in [4.78, 5) is -1.30. The molecule has 0 aliphatic heterocycles. The van der Waals surface area contributed by atoms with E-state index in [1.807, 2.05) is 0 Å². The van der Waals surface area contributed by atoms with E-state index in [0.29, 0.717) is 5.69 Å². The Labute approximate surface area is 164 Å². The fourth-order valence-corrected chi connectivity index (χ4v) is 3.59. The number of rotatable bonds is 4. The second kappa shape index (κ2) is 7.62. The Morgan fingerprint density at radius 1 is 0.897 bits per heavy atom. The molecule has 0 saturated heterocycles. The maximum atomic E-state index is 14.2. The first-order valence-corrected chi connectivity index (χ1v) is 8.69. The van der Waals surface area contributed by atoms with Gasteiger partial charge in [0.25, 0.3) is 0 Å². The molecule has 0 saturated carbocycles. The minimum absolute atomic E-state index is 0.0155. The van der Waals surface area contributed by atoms with Gasteiger partial charge in [-0.2, -0.15) is 23.0 Å². The van der Waals surface area contributed by atoms with Gasteiger partial charge in [-0.3, -0.25) is 0 Å². The number of hydrogen-bond donors (Lipinski definition) is 0. The minimum atomic E-state index is -5.61. The van der Waals surface area contributed by atoms with Gasteiger partial charge in [0, 0.05) is 0 Å². The highest BCUT2D eigenvalue weighted by Crippen LogP contribution is 2.44. The summed E-state index contributed by atoms with van der Waals surface area (Å²) < 4.78 is 101. The fourth-order valence-electron chi connectivity index (χ4n) is 2.58. The largest absolute Gasteiger partial charge is 0.480 e. The molecule has 1 heterocycles. The molecule has 154 valence electrons. The normalized spacial score (nSPS) is 11.8. The molecule has 0 bridgehead atoms. The van der Waals surface area contributed by atoms with E-state index in [0.717, 1.165) is 0 Å². The molecule has 0 amide bonds. The number of para-hydroxylation sites is 1. The van der Waals surface area contributed by atoms with Crippen LogP contribution in [0.1, 0.15) is 11.3 Å². The Kier molecular flexibility index (Phi) is 5.52. The predicted octanol–water partition coefficient (Wildman–Crippen LogP) is 5.92. The summed E-state index contributed by atoms with van der Waals surface area (Å²) in [5, 5.41) is 4.17. The Balaban J connectivity index is 2.16. The fraction of sp³-hybridized carbons (Fsp3) is 0.167. The van der Waals surface area contributed by atoms with E-state index in [2.05, 4.69) is 5.10 Å². The number of hydrogen-bond acceptors (Lipinski definition) is 3. The van der Waals surface area contributed by atoms with Gasteiger partial charge in [-0.25, -0.2) is 17.6 Å². The number of aromatic nitrogens is 2. The summed E-state index contributed by atoms with van der Waals surface area (Å²) in [6.07, 6.45) is -5.61. The molecule has 0 radical (unpaired) electrons. The first kappa shape index (κ1) is 21.0. The Morgan fingerprint density at radius 3 is 1.93 bits per heavy atom. The van der Waals surface area contributed by atoms with E-state index in [9.17, 15) is 30.7 Å². The second-order valence-electron chi connectivity index (χ2n) is 5.73. The molecule has 3 nitrogen and oxygen atoms in total.